The highest BCUT2D eigenvalue weighted by atomic mass is 19.2. The fourth-order valence-corrected chi connectivity index (χ4v) is 1.87. The lowest BCUT2D eigenvalue weighted by Gasteiger charge is -2.10. The molecule has 5 heteroatoms. The standard InChI is InChI=1S/C15H15F2NO2/c1-20-14-4-2-3-11(15(14)19)9-18-8-10-5-6-12(16)13(17)7-10/h2-7,18-19H,8-9H2,1H3. The van der Waals surface area contributed by atoms with Gasteiger partial charge in [-0.15, -0.1) is 0 Å². The van der Waals surface area contributed by atoms with E-state index in [-0.39, 0.29) is 5.75 Å². The van der Waals surface area contributed by atoms with Gasteiger partial charge in [-0.05, 0) is 23.8 Å². The van der Waals surface area contributed by atoms with Crippen LogP contribution in [-0.4, -0.2) is 12.2 Å². The van der Waals surface area contributed by atoms with Gasteiger partial charge in [0.15, 0.2) is 23.1 Å². The van der Waals surface area contributed by atoms with Gasteiger partial charge >= 0.3 is 0 Å². The third-order valence-electron chi connectivity index (χ3n) is 2.93. The van der Waals surface area contributed by atoms with Crippen molar-refractivity contribution in [3.63, 3.8) is 0 Å². The van der Waals surface area contributed by atoms with Crippen LogP contribution in [0, 0.1) is 11.6 Å². The van der Waals surface area contributed by atoms with Crippen molar-refractivity contribution in [3.8, 4) is 11.5 Å². The third-order valence-corrected chi connectivity index (χ3v) is 2.93. The normalized spacial score (nSPS) is 10.6. The highest BCUT2D eigenvalue weighted by molar-refractivity contribution is 5.45. The molecule has 0 fully saturated rings. The van der Waals surface area contributed by atoms with Gasteiger partial charge in [0.05, 0.1) is 7.11 Å². The third kappa shape index (κ3) is 3.24. The van der Waals surface area contributed by atoms with Crippen molar-refractivity contribution in [1.82, 2.24) is 5.32 Å². The first kappa shape index (κ1) is 14.3. The Morgan fingerprint density at radius 1 is 1.10 bits per heavy atom. The summed E-state index contributed by atoms with van der Waals surface area (Å²) in [5.74, 6) is -1.25. The SMILES string of the molecule is COc1cccc(CNCc2ccc(F)c(F)c2)c1O. The second kappa shape index (κ2) is 6.34. The number of hydrogen-bond acceptors (Lipinski definition) is 3. The number of phenolic OH excluding ortho intramolecular Hbond substituents is 1. The highest BCUT2D eigenvalue weighted by Crippen LogP contribution is 2.29. The molecule has 106 valence electrons. The van der Waals surface area contributed by atoms with Gasteiger partial charge in [0.25, 0.3) is 0 Å². The summed E-state index contributed by atoms with van der Waals surface area (Å²) in [7, 11) is 1.48. The number of phenols is 1. The number of methoxy groups -OCH3 is 1. The number of ether oxygens (including phenoxy) is 1. The fourth-order valence-electron chi connectivity index (χ4n) is 1.87. The number of aromatic hydroxyl groups is 1. The van der Waals surface area contributed by atoms with Crippen LogP contribution in [0.15, 0.2) is 36.4 Å². The Labute approximate surface area is 115 Å². The van der Waals surface area contributed by atoms with Gasteiger partial charge in [0.2, 0.25) is 0 Å². The summed E-state index contributed by atoms with van der Waals surface area (Å²) in [6, 6.07) is 8.94. The molecule has 0 spiro atoms. The first-order valence-electron chi connectivity index (χ1n) is 6.11. The van der Waals surface area contributed by atoms with Crippen LogP contribution >= 0.6 is 0 Å². The monoisotopic (exact) mass is 279 g/mol. The molecule has 0 heterocycles. The van der Waals surface area contributed by atoms with Crippen molar-refractivity contribution in [2.24, 2.45) is 0 Å². The minimum atomic E-state index is -0.867. The molecule has 0 saturated heterocycles. The summed E-state index contributed by atoms with van der Waals surface area (Å²) >= 11 is 0. The van der Waals surface area contributed by atoms with Crippen molar-refractivity contribution >= 4 is 0 Å². The van der Waals surface area contributed by atoms with E-state index < -0.39 is 11.6 Å². The number of nitrogens with one attached hydrogen (secondary N) is 1. The smallest absolute Gasteiger partial charge is 0.162 e. The summed E-state index contributed by atoms with van der Waals surface area (Å²) in [6.07, 6.45) is 0. The van der Waals surface area contributed by atoms with Gasteiger partial charge in [-0.2, -0.15) is 0 Å². The van der Waals surface area contributed by atoms with Gasteiger partial charge in [0, 0.05) is 18.7 Å². The Bertz CT molecular complexity index is 602. The van der Waals surface area contributed by atoms with E-state index in [1.165, 1.54) is 13.2 Å². The number of para-hydroxylation sites is 1. The molecule has 0 saturated carbocycles. The Hall–Kier alpha value is -2.14. The Morgan fingerprint density at radius 2 is 1.90 bits per heavy atom. The first-order valence-corrected chi connectivity index (χ1v) is 6.11. The van der Waals surface area contributed by atoms with Gasteiger partial charge in [0.1, 0.15) is 0 Å². The van der Waals surface area contributed by atoms with E-state index in [9.17, 15) is 13.9 Å². The van der Waals surface area contributed by atoms with Crippen LogP contribution in [0.1, 0.15) is 11.1 Å². The largest absolute Gasteiger partial charge is 0.504 e. The zero-order chi connectivity index (χ0) is 14.5. The summed E-state index contributed by atoms with van der Waals surface area (Å²) in [5, 5.41) is 12.9. The summed E-state index contributed by atoms with van der Waals surface area (Å²) in [5.41, 5.74) is 1.30. The van der Waals surface area contributed by atoms with E-state index in [4.69, 9.17) is 4.74 Å². The van der Waals surface area contributed by atoms with Crippen LogP contribution in [-0.2, 0) is 13.1 Å². The molecular weight excluding hydrogens is 264 g/mol. The zero-order valence-electron chi connectivity index (χ0n) is 11.0. The quantitative estimate of drug-likeness (QED) is 0.884. The van der Waals surface area contributed by atoms with Crippen molar-refractivity contribution < 1.29 is 18.6 Å². The van der Waals surface area contributed by atoms with Gasteiger partial charge < -0.3 is 15.2 Å². The van der Waals surface area contributed by atoms with Crippen molar-refractivity contribution in [2.45, 2.75) is 13.1 Å². The van der Waals surface area contributed by atoms with Crippen LogP contribution in [0.4, 0.5) is 8.78 Å². The van der Waals surface area contributed by atoms with Crippen LogP contribution in [0.3, 0.4) is 0 Å². The summed E-state index contributed by atoms with van der Waals surface area (Å²) in [6.45, 7) is 0.760. The number of rotatable bonds is 5. The summed E-state index contributed by atoms with van der Waals surface area (Å²) < 4.78 is 30.8. The molecule has 0 amide bonds. The maximum atomic E-state index is 13.0. The fraction of sp³-hybridized carbons (Fsp3) is 0.200. The molecule has 0 aliphatic heterocycles. The maximum Gasteiger partial charge on any atom is 0.162 e. The second-order valence-electron chi connectivity index (χ2n) is 4.32. The molecule has 0 aromatic heterocycles. The molecule has 0 atom stereocenters. The molecule has 2 rings (SSSR count). The highest BCUT2D eigenvalue weighted by Gasteiger charge is 2.07. The lowest BCUT2D eigenvalue weighted by molar-refractivity contribution is 0.369. The molecule has 2 N–H and O–H groups in total. The number of hydrogen-bond donors (Lipinski definition) is 2. The van der Waals surface area contributed by atoms with E-state index in [2.05, 4.69) is 5.32 Å². The second-order valence-corrected chi connectivity index (χ2v) is 4.32. The summed E-state index contributed by atoms with van der Waals surface area (Å²) in [4.78, 5) is 0. The maximum absolute atomic E-state index is 13.0. The van der Waals surface area contributed by atoms with E-state index >= 15 is 0 Å². The number of halogens is 2. The predicted octanol–water partition coefficient (Wildman–Crippen LogP) is 2.97. The molecule has 0 bridgehead atoms. The zero-order valence-corrected chi connectivity index (χ0v) is 11.0. The molecule has 0 aliphatic carbocycles. The number of benzene rings is 2. The molecule has 0 aliphatic rings. The molecule has 2 aromatic carbocycles. The van der Waals surface area contributed by atoms with E-state index in [1.807, 2.05) is 0 Å². The molecular formula is C15H15F2NO2. The molecule has 0 unspecified atom stereocenters. The predicted molar refractivity (Wildman–Crippen MR) is 71.6 cm³/mol. The molecule has 0 radical (unpaired) electrons. The molecule has 2 aromatic rings. The van der Waals surface area contributed by atoms with Gasteiger partial charge in [-0.1, -0.05) is 18.2 Å². The van der Waals surface area contributed by atoms with E-state index in [0.717, 1.165) is 12.1 Å². The minimum absolute atomic E-state index is 0.0767. The van der Waals surface area contributed by atoms with Crippen LogP contribution in [0.5, 0.6) is 11.5 Å². The first-order chi connectivity index (χ1) is 9.61. The van der Waals surface area contributed by atoms with Gasteiger partial charge in [-0.3, -0.25) is 0 Å². The van der Waals surface area contributed by atoms with Crippen molar-refractivity contribution in [1.29, 1.82) is 0 Å². The lowest BCUT2D eigenvalue weighted by atomic mass is 10.1. The van der Waals surface area contributed by atoms with E-state index in [0.29, 0.717) is 30.0 Å². The Balaban J connectivity index is 1.97. The van der Waals surface area contributed by atoms with Crippen molar-refractivity contribution in [2.75, 3.05) is 7.11 Å². The van der Waals surface area contributed by atoms with E-state index in [1.54, 1.807) is 18.2 Å². The Morgan fingerprint density at radius 3 is 2.60 bits per heavy atom. The van der Waals surface area contributed by atoms with Gasteiger partial charge in [-0.25, -0.2) is 8.78 Å². The Kier molecular flexibility index (Phi) is 4.53. The average Bonchev–Trinajstić information content (AvgIpc) is 2.44. The average molecular weight is 279 g/mol. The van der Waals surface area contributed by atoms with Crippen LogP contribution in [0.25, 0.3) is 0 Å². The minimum Gasteiger partial charge on any atom is -0.504 e. The lowest BCUT2D eigenvalue weighted by Crippen LogP contribution is -2.13. The molecule has 3 nitrogen and oxygen atoms in total. The van der Waals surface area contributed by atoms with Crippen LogP contribution < -0.4 is 10.1 Å². The van der Waals surface area contributed by atoms with Crippen LogP contribution in [0.2, 0.25) is 0 Å². The topological polar surface area (TPSA) is 41.5 Å². The van der Waals surface area contributed by atoms with Crippen molar-refractivity contribution in [3.05, 3.63) is 59.2 Å². The molecule has 20 heavy (non-hydrogen) atoms.